The first kappa shape index (κ1) is 18.9. The number of nitrogens with one attached hydrogen (secondary N) is 1. The van der Waals surface area contributed by atoms with Crippen molar-refractivity contribution in [3.63, 3.8) is 0 Å². The molecule has 0 spiro atoms. The van der Waals surface area contributed by atoms with Gasteiger partial charge in [-0.15, -0.1) is 0 Å². The monoisotopic (exact) mass is 387 g/mol. The fourth-order valence-electron chi connectivity index (χ4n) is 3.31. The van der Waals surface area contributed by atoms with Crippen molar-refractivity contribution in [3.8, 4) is 0 Å². The van der Waals surface area contributed by atoms with Crippen LogP contribution in [0.1, 0.15) is 40.4 Å². The van der Waals surface area contributed by atoms with Crippen molar-refractivity contribution in [2.75, 3.05) is 11.5 Å². The average molecular weight is 387 g/mol. The molecule has 27 heavy (non-hydrogen) atoms. The van der Waals surface area contributed by atoms with Crippen LogP contribution in [0.2, 0.25) is 0 Å². The molecule has 0 saturated heterocycles. The zero-order valence-corrected chi connectivity index (χ0v) is 15.5. The molecule has 0 bridgehead atoms. The number of nitrogen functional groups attached to an aromatic ring is 1. The number of amides is 2. The average Bonchev–Trinajstić information content (AvgIpc) is 2.60. The van der Waals surface area contributed by atoms with Gasteiger partial charge in [0.15, 0.2) is 9.84 Å². The molecule has 7 nitrogen and oxygen atoms in total. The molecule has 1 aliphatic carbocycles. The molecule has 2 aromatic carbocycles. The zero-order chi connectivity index (χ0) is 19.6. The van der Waals surface area contributed by atoms with Crippen molar-refractivity contribution in [2.24, 2.45) is 5.73 Å². The number of hydrogen-bond acceptors (Lipinski definition) is 5. The Bertz CT molecular complexity index is 985. The quantitative estimate of drug-likeness (QED) is 0.666. The highest BCUT2D eigenvalue weighted by atomic mass is 32.2. The van der Waals surface area contributed by atoms with E-state index in [2.05, 4.69) is 5.32 Å². The predicted octanol–water partition coefficient (Wildman–Crippen LogP) is 1.34. The third kappa shape index (κ3) is 4.28. The summed E-state index contributed by atoms with van der Waals surface area (Å²) >= 11 is 0. The molecule has 0 heterocycles. The van der Waals surface area contributed by atoms with E-state index in [9.17, 15) is 18.0 Å². The summed E-state index contributed by atoms with van der Waals surface area (Å²) in [6, 6.07) is 11.1. The number of aryl methyl sites for hydroxylation is 1. The van der Waals surface area contributed by atoms with Crippen LogP contribution in [0.5, 0.6) is 0 Å². The Morgan fingerprint density at radius 2 is 1.81 bits per heavy atom. The summed E-state index contributed by atoms with van der Waals surface area (Å²) in [4.78, 5) is 23.4. The van der Waals surface area contributed by atoms with E-state index in [0.717, 1.165) is 30.4 Å². The van der Waals surface area contributed by atoms with Crippen LogP contribution in [-0.2, 0) is 21.1 Å². The minimum absolute atomic E-state index is 0.0451. The molecule has 0 fully saturated rings. The number of anilines is 1. The van der Waals surface area contributed by atoms with Gasteiger partial charge in [-0.2, -0.15) is 0 Å². The predicted molar refractivity (Wildman–Crippen MR) is 102 cm³/mol. The minimum Gasteiger partial charge on any atom is -0.399 e. The minimum atomic E-state index is -3.79. The van der Waals surface area contributed by atoms with Gasteiger partial charge in [0.1, 0.15) is 5.75 Å². The summed E-state index contributed by atoms with van der Waals surface area (Å²) < 4.78 is 24.0. The van der Waals surface area contributed by atoms with Crippen molar-refractivity contribution in [2.45, 2.75) is 30.2 Å². The summed E-state index contributed by atoms with van der Waals surface area (Å²) in [5.41, 5.74) is 14.0. The molecule has 0 radical (unpaired) electrons. The standard InChI is InChI=1S/C19H21N3O4S/c20-14-6-9-16-13(10-14)2-1-3-17(16)22-19(24)12-4-7-15(8-5-12)27(25,26)11-18(21)23/h4-10,17H,1-3,11,20H2,(H2,21,23)(H,22,24). The molecule has 8 heteroatoms. The number of rotatable bonds is 5. The number of fused-ring (bicyclic) bond motifs is 1. The molecular formula is C19H21N3O4S. The Hall–Kier alpha value is -2.87. The summed E-state index contributed by atoms with van der Waals surface area (Å²) in [5.74, 6) is -1.97. The van der Waals surface area contributed by atoms with Gasteiger partial charge in [-0.05, 0) is 66.8 Å². The number of carbonyl (C=O) groups excluding carboxylic acids is 2. The lowest BCUT2D eigenvalue weighted by molar-refractivity contribution is -0.115. The summed E-state index contributed by atoms with van der Waals surface area (Å²) in [6.45, 7) is 0. The number of sulfone groups is 1. The molecule has 3 rings (SSSR count). The third-order valence-corrected chi connectivity index (χ3v) is 6.25. The number of hydrogen-bond donors (Lipinski definition) is 3. The Morgan fingerprint density at radius 3 is 2.48 bits per heavy atom. The van der Waals surface area contributed by atoms with E-state index in [1.807, 2.05) is 18.2 Å². The van der Waals surface area contributed by atoms with Gasteiger partial charge >= 0.3 is 0 Å². The van der Waals surface area contributed by atoms with Crippen LogP contribution in [0.15, 0.2) is 47.4 Å². The molecule has 5 N–H and O–H groups in total. The maximum absolute atomic E-state index is 12.6. The van der Waals surface area contributed by atoms with Gasteiger partial charge in [-0.25, -0.2) is 8.42 Å². The number of benzene rings is 2. The lowest BCUT2D eigenvalue weighted by atomic mass is 9.87. The van der Waals surface area contributed by atoms with Crippen molar-refractivity contribution < 1.29 is 18.0 Å². The lowest BCUT2D eigenvalue weighted by Crippen LogP contribution is -2.31. The molecule has 1 atom stereocenters. The smallest absolute Gasteiger partial charge is 0.251 e. The van der Waals surface area contributed by atoms with Crippen molar-refractivity contribution in [3.05, 3.63) is 59.2 Å². The number of carbonyl (C=O) groups is 2. The highest BCUT2D eigenvalue weighted by molar-refractivity contribution is 7.92. The maximum Gasteiger partial charge on any atom is 0.251 e. The molecule has 1 unspecified atom stereocenters. The van der Waals surface area contributed by atoms with Gasteiger partial charge in [-0.1, -0.05) is 6.07 Å². The van der Waals surface area contributed by atoms with Gasteiger partial charge in [0.2, 0.25) is 5.91 Å². The van der Waals surface area contributed by atoms with E-state index in [1.165, 1.54) is 24.3 Å². The molecule has 2 amide bonds. The molecule has 0 aliphatic heterocycles. The van der Waals surface area contributed by atoms with E-state index in [-0.39, 0.29) is 16.8 Å². The first-order valence-corrected chi connectivity index (χ1v) is 10.2. The first-order valence-electron chi connectivity index (χ1n) is 8.56. The van der Waals surface area contributed by atoms with Crippen molar-refractivity contribution in [1.29, 1.82) is 0 Å². The fourth-order valence-corrected chi connectivity index (χ4v) is 4.40. The van der Waals surface area contributed by atoms with E-state index in [0.29, 0.717) is 11.3 Å². The highest BCUT2D eigenvalue weighted by Crippen LogP contribution is 2.31. The molecule has 1 aliphatic rings. The highest BCUT2D eigenvalue weighted by Gasteiger charge is 2.23. The van der Waals surface area contributed by atoms with Gasteiger partial charge in [-0.3, -0.25) is 9.59 Å². The summed E-state index contributed by atoms with van der Waals surface area (Å²) in [6.07, 6.45) is 2.71. The zero-order valence-electron chi connectivity index (χ0n) is 14.6. The Morgan fingerprint density at radius 1 is 1.11 bits per heavy atom. The van der Waals surface area contributed by atoms with Gasteiger partial charge < -0.3 is 16.8 Å². The Balaban J connectivity index is 1.75. The molecule has 2 aromatic rings. The first-order chi connectivity index (χ1) is 12.8. The van der Waals surface area contributed by atoms with Crippen LogP contribution in [-0.4, -0.2) is 26.0 Å². The molecule has 0 saturated carbocycles. The van der Waals surface area contributed by atoms with E-state index in [4.69, 9.17) is 11.5 Å². The second-order valence-electron chi connectivity index (χ2n) is 6.63. The van der Waals surface area contributed by atoms with Crippen LogP contribution in [0.4, 0.5) is 5.69 Å². The Labute approximate surface area is 157 Å². The molecular weight excluding hydrogens is 366 g/mol. The second kappa shape index (κ2) is 7.40. The number of primary amides is 1. The van der Waals surface area contributed by atoms with Gasteiger partial charge in [0.25, 0.3) is 5.91 Å². The van der Waals surface area contributed by atoms with Gasteiger partial charge in [0, 0.05) is 11.3 Å². The van der Waals surface area contributed by atoms with Crippen LogP contribution in [0.3, 0.4) is 0 Å². The SMILES string of the molecule is NC(=O)CS(=O)(=O)c1ccc(C(=O)NC2CCCc3cc(N)ccc32)cc1. The largest absolute Gasteiger partial charge is 0.399 e. The normalized spacial score (nSPS) is 16.4. The second-order valence-corrected chi connectivity index (χ2v) is 8.62. The van der Waals surface area contributed by atoms with E-state index < -0.39 is 21.5 Å². The van der Waals surface area contributed by atoms with Gasteiger partial charge in [0.05, 0.1) is 10.9 Å². The van der Waals surface area contributed by atoms with Crippen LogP contribution in [0.25, 0.3) is 0 Å². The summed E-state index contributed by atoms with van der Waals surface area (Å²) in [5, 5.41) is 3.00. The van der Waals surface area contributed by atoms with E-state index in [1.54, 1.807) is 0 Å². The van der Waals surface area contributed by atoms with Crippen LogP contribution >= 0.6 is 0 Å². The fraction of sp³-hybridized carbons (Fsp3) is 0.263. The van der Waals surface area contributed by atoms with Crippen LogP contribution in [0, 0.1) is 0 Å². The molecule has 142 valence electrons. The van der Waals surface area contributed by atoms with Crippen LogP contribution < -0.4 is 16.8 Å². The van der Waals surface area contributed by atoms with Crippen molar-refractivity contribution >= 4 is 27.3 Å². The van der Waals surface area contributed by atoms with E-state index >= 15 is 0 Å². The number of nitrogens with two attached hydrogens (primary N) is 2. The summed E-state index contributed by atoms with van der Waals surface area (Å²) in [7, 11) is -3.79. The van der Waals surface area contributed by atoms with Crippen molar-refractivity contribution in [1.82, 2.24) is 5.32 Å². The third-order valence-electron chi connectivity index (χ3n) is 4.59. The molecule has 0 aromatic heterocycles. The maximum atomic E-state index is 12.6. The Kier molecular flexibility index (Phi) is 5.18. The topological polar surface area (TPSA) is 132 Å². The lowest BCUT2D eigenvalue weighted by Gasteiger charge is -2.26.